The van der Waals surface area contributed by atoms with E-state index < -0.39 is 0 Å². The molecule has 1 aromatic carbocycles. The average molecular weight is 309 g/mol. The number of aromatic nitrogens is 1. The smallest absolute Gasteiger partial charge is 0.147 e. The highest BCUT2D eigenvalue weighted by molar-refractivity contribution is 6.34. The summed E-state index contributed by atoms with van der Waals surface area (Å²) in [5.41, 5.74) is 1.09. The highest BCUT2D eigenvalue weighted by atomic mass is 35.5. The number of benzene rings is 1. The van der Waals surface area contributed by atoms with Crippen LogP contribution in [0.2, 0.25) is 10.0 Å². The van der Waals surface area contributed by atoms with Crippen molar-refractivity contribution in [1.29, 1.82) is 0 Å². The van der Waals surface area contributed by atoms with Crippen molar-refractivity contribution >= 4 is 23.2 Å². The van der Waals surface area contributed by atoms with Gasteiger partial charge in [0.1, 0.15) is 11.5 Å². The molecule has 0 unspecified atom stereocenters. The Hall–Kier alpha value is -1.29. The van der Waals surface area contributed by atoms with Crippen LogP contribution in [0.3, 0.4) is 0 Å². The molecule has 0 bridgehead atoms. The van der Waals surface area contributed by atoms with Gasteiger partial charge in [-0.15, -0.1) is 0 Å². The second-order valence-corrected chi connectivity index (χ2v) is 5.70. The summed E-state index contributed by atoms with van der Waals surface area (Å²) in [6, 6.07) is 7.76. The van der Waals surface area contributed by atoms with Crippen LogP contribution < -0.4 is 10.1 Å². The standard InChI is InChI=1S/C15H14Cl2N2O/c16-11-1-4-14(17)15(6-11)20-13-5-10(7-18-9-13)8-19-12-2-3-12/h1,4-7,9,12,19H,2-3,8H2. The minimum absolute atomic E-state index is 0.524. The molecule has 2 aromatic rings. The maximum absolute atomic E-state index is 6.08. The van der Waals surface area contributed by atoms with Gasteiger partial charge in [-0.25, -0.2) is 0 Å². The molecule has 0 atom stereocenters. The van der Waals surface area contributed by atoms with E-state index in [4.69, 9.17) is 27.9 Å². The van der Waals surface area contributed by atoms with Crippen LogP contribution in [0.25, 0.3) is 0 Å². The molecular weight excluding hydrogens is 295 g/mol. The minimum Gasteiger partial charge on any atom is -0.454 e. The highest BCUT2D eigenvalue weighted by Gasteiger charge is 2.20. The number of pyridine rings is 1. The lowest BCUT2D eigenvalue weighted by atomic mass is 10.2. The Morgan fingerprint density at radius 2 is 2.05 bits per heavy atom. The Morgan fingerprint density at radius 3 is 2.85 bits per heavy atom. The van der Waals surface area contributed by atoms with E-state index in [0.29, 0.717) is 27.6 Å². The van der Waals surface area contributed by atoms with E-state index in [9.17, 15) is 0 Å². The fourth-order valence-corrected chi connectivity index (χ4v) is 2.17. The van der Waals surface area contributed by atoms with Crippen LogP contribution in [0.5, 0.6) is 11.5 Å². The SMILES string of the molecule is Clc1ccc(Cl)c(Oc2cncc(CNC3CC3)c2)c1. The topological polar surface area (TPSA) is 34.1 Å². The van der Waals surface area contributed by atoms with Gasteiger partial charge in [-0.2, -0.15) is 0 Å². The van der Waals surface area contributed by atoms with Crippen LogP contribution in [0, 0.1) is 0 Å². The first-order chi connectivity index (χ1) is 9.70. The van der Waals surface area contributed by atoms with Crippen LogP contribution >= 0.6 is 23.2 Å². The van der Waals surface area contributed by atoms with Gasteiger partial charge >= 0.3 is 0 Å². The van der Waals surface area contributed by atoms with E-state index >= 15 is 0 Å². The first kappa shape index (κ1) is 13.7. The number of hydrogen-bond acceptors (Lipinski definition) is 3. The largest absolute Gasteiger partial charge is 0.454 e. The third-order valence-corrected chi connectivity index (χ3v) is 3.61. The molecule has 1 aromatic heterocycles. The van der Waals surface area contributed by atoms with Gasteiger partial charge in [0.2, 0.25) is 0 Å². The van der Waals surface area contributed by atoms with E-state index in [2.05, 4.69) is 10.3 Å². The third-order valence-electron chi connectivity index (χ3n) is 3.06. The molecule has 1 heterocycles. The van der Waals surface area contributed by atoms with E-state index in [1.54, 1.807) is 24.4 Å². The van der Waals surface area contributed by atoms with E-state index in [0.717, 1.165) is 12.1 Å². The van der Waals surface area contributed by atoms with Crippen LogP contribution in [0.15, 0.2) is 36.7 Å². The Morgan fingerprint density at radius 1 is 1.20 bits per heavy atom. The molecule has 1 fully saturated rings. The van der Waals surface area contributed by atoms with Gasteiger partial charge in [0.25, 0.3) is 0 Å². The quantitative estimate of drug-likeness (QED) is 0.887. The normalized spacial score (nSPS) is 14.3. The summed E-state index contributed by atoms with van der Waals surface area (Å²) in [6.45, 7) is 0.804. The van der Waals surface area contributed by atoms with Gasteiger partial charge < -0.3 is 10.1 Å². The molecule has 20 heavy (non-hydrogen) atoms. The zero-order valence-electron chi connectivity index (χ0n) is 10.8. The molecule has 0 amide bonds. The Kier molecular flexibility index (Phi) is 4.10. The predicted octanol–water partition coefficient (Wildman–Crippen LogP) is 4.43. The number of hydrogen-bond donors (Lipinski definition) is 1. The van der Waals surface area contributed by atoms with Crippen molar-refractivity contribution in [3.05, 3.63) is 52.3 Å². The van der Waals surface area contributed by atoms with Crippen LogP contribution in [-0.2, 0) is 6.54 Å². The lowest BCUT2D eigenvalue weighted by Gasteiger charge is -2.09. The molecule has 0 spiro atoms. The number of nitrogens with one attached hydrogen (secondary N) is 1. The summed E-state index contributed by atoms with van der Waals surface area (Å²) < 4.78 is 5.75. The Bertz CT molecular complexity index is 615. The maximum Gasteiger partial charge on any atom is 0.147 e. The molecule has 1 N–H and O–H groups in total. The van der Waals surface area contributed by atoms with Gasteiger partial charge in [0.15, 0.2) is 0 Å². The molecule has 0 saturated heterocycles. The molecule has 5 heteroatoms. The first-order valence-electron chi connectivity index (χ1n) is 6.51. The van der Waals surface area contributed by atoms with Crippen LogP contribution in [0.4, 0.5) is 0 Å². The Balaban J connectivity index is 1.72. The van der Waals surface area contributed by atoms with E-state index in [1.165, 1.54) is 12.8 Å². The summed E-state index contributed by atoms with van der Waals surface area (Å²) >= 11 is 12.0. The number of nitrogens with zero attached hydrogens (tertiary/aromatic N) is 1. The van der Waals surface area contributed by atoms with Gasteiger partial charge in [-0.05, 0) is 36.6 Å². The zero-order valence-corrected chi connectivity index (χ0v) is 12.3. The van der Waals surface area contributed by atoms with Gasteiger partial charge in [-0.1, -0.05) is 23.2 Å². The van der Waals surface area contributed by atoms with Crippen molar-refractivity contribution in [2.45, 2.75) is 25.4 Å². The molecule has 3 rings (SSSR count). The monoisotopic (exact) mass is 308 g/mol. The van der Waals surface area contributed by atoms with Crippen LogP contribution in [-0.4, -0.2) is 11.0 Å². The molecule has 3 nitrogen and oxygen atoms in total. The predicted molar refractivity (Wildman–Crippen MR) is 80.6 cm³/mol. The average Bonchev–Trinajstić information content (AvgIpc) is 3.25. The molecule has 1 saturated carbocycles. The second kappa shape index (κ2) is 6.00. The lowest BCUT2D eigenvalue weighted by Crippen LogP contribution is -2.15. The number of ether oxygens (including phenoxy) is 1. The number of halogens is 2. The number of rotatable bonds is 5. The molecule has 0 radical (unpaired) electrons. The first-order valence-corrected chi connectivity index (χ1v) is 7.26. The van der Waals surface area contributed by atoms with Crippen molar-refractivity contribution in [3.8, 4) is 11.5 Å². The molecule has 104 valence electrons. The maximum atomic E-state index is 6.08. The Labute approximate surface area is 127 Å². The van der Waals surface area contributed by atoms with Gasteiger partial charge in [-0.3, -0.25) is 4.98 Å². The summed E-state index contributed by atoms with van der Waals surface area (Å²) in [4.78, 5) is 4.19. The van der Waals surface area contributed by atoms with Crippen LogP contribution in [0.1, 0.15) is 18.4 Å². The zero-order chi connectivity index (χ0) is 13.9. The molecule has 1 aliphatic carbocycles. The van der Waals surface area contributed by atoms with E-state index in [-0.39, 0.29) is 0 Å². The van der Waals surface area contributed by atoms with Crippen molar-refractivity contribution in [3.63, 3.8) is 0 Å². The third kappa shape index (κ3) is 3.63. The molecule has 1 aliphatic rings. The fourth-order valence-electron chi connectivity index (χ4n) is 1.85. The fraction of sp³-hybridized carbons (Fsp3) is 0.267. The van der Waals surface area contributed by atoms with Gasteiger partial charge in [0, 0.05) is 29.9 Å². The molecular formula is C15H14Cl2N2O. The highest BCUT2D eigenvalue weighted by Crippen LogP contribution is 2.31. The van der Waals surface area contributed by atoms with Crippen molar-refractivity contribution < 1.29 is 4.74 Å². The van der Waals surface area contributed by atoms with Crippen molar-refractivity contribution in [2.24, 2.45) is 0 Å². The second-order valence-electron chi connectivity index (χ2n) is 4.86. The summed E-state index contributed by atoms with van der Waals surface area (Å²) in [5.74, 6) is 1.19. The van der Waals surface area contributed by atoms with Crippen molar-refractivity contribution in [2.75, 3.05) is 0 Å². The lowest BCUT2D eigenvalue weighted by molar-refractivity contribution is 0.479. The summed E-state index contributed by atoms with van der Waals surface area (Å²) in [6.07, 6.45) is 6.03. The van der Waals surface area contributed by atoms with Gasteiger partial charge in [0.05, 0.1) is 11.2 Å². The summed E-state index contributed by atoms with van der Waals surface area (Å²) in [7, 11) is 0. The minimum atomic E-state index is 0.524. The summed E-state index contributed by atoms with van der Waals surface area (Å²) in [5, 5.41) is 4.55. The van der Waals surface area contributed by atoms with Crippen molar-refractivity contribution in [1.82, 2.24) is 10.3 Å². The van der Waals surface area contributed by atoms with E-state index in [1.807, 2.05) is 12.3 Å². The molecule has 0 aliphatic heterocycles.